The summed E-state index contributed by atoms with van der Waals surface area (Å²) in [6.45, 7) is 7.08. The zero-order chi connectivity index (χ0) is 13.5. The second-order valence-electron chi connectivity index (χ2n) is 5.62. The molecular formula is C14H27N3O2. The predicted molar refractivity (Wildman–Crippen MR) is 74.9 cm³/mol. The van der Waals surface area contributed by atoms with E-state index in [1.807, 2.05) is 4.90 Å². The maximum Gasteiger partial charge on any atom is 0.222 e. The highest BCUT2D eigenvalue weighted by atomic mass is 16.5. The van der Waals surface area contributed by atoms with Crippen molar-refractivity contribution in [1.82, 2.24) is 9.80 Å². The van der Waals surface area contributed by atoms with Gasteiger partial charge in [-0.1, -0.05) is 0 Å². The normalized spacial score (nSPS) is 22.7. The summed E-state index contributed by atoms with van der Waals surface area (Å²) >= 11 is 0. The minimum Gasteiger partial charge on any atom is -0.378 e. The summed E-state index contributed by atoms with van der Waals surface area (Å²) in [7, 11) is 0. The van der Waals surface area contributed by atoms with E-state index >= 15 is 0 Å². The van der Waals surface area contributed by atoms with E-state index in [-0.39, 0.29) is 0 Å². The van der Waals surface area contributed by atoms with Crippen LogP contribution >= 0.6 is 0 Å². The van der Waals surface area contributed by atoms with Gasteiger partial charge in [0.05, 0.1) is 13.2 Å². The first-order valence-corrected chi connectivity index (χ1v) is 7.57. The number of amides is 1. The summed E-state index contributed by atoms with van der Waals surface area (Å²) in [6.07, 6.45) is 4.09. The molecule has 0 aromatic rings. The molecule has 19 heavy (non-hydrogen) atoms. The maximum absolute atomic E-state index is 12.0. The van der Waals surface area contributed by atoms with Crippen molar-refractivity contribution in [3.05, 3.63) is 0 Å². The molecule has 0 unspecified atom stereocenters. The van der Waals surface area contributed by atoms with Crippen LogP contribution in [0.5, 0.6) is 0 Å². The Bertz CT molecular complexity index is 272. The molecule has 0 bridgehead atoms. The Morgan fingerprint density at radius 2 is 1.84 bits per heavy atom. The van der Waals surface area contributed by atoms with E-state index in [1.54, 1.807) is 0 Å². The number of hydrogen-bond acceptors (Lipinski definition) is 4. The third kappa shape index (κ3) is 4.75. The van der Waals surface area contributed by atoms with E-state index in [4.69, 9.17) is 10.5 Å². The Balaban J connectivity index is 1.57. The molecule has 0 aromatic carbocycles. The van der Waals surface area contributed by atoms with Crippen molar-refractivity contribution in [2.45, 2.75) is 25.7 Å². The molecule has 1 amide bonds. The van der Waals surface area contributed by atoms with Crippen molar-refractivity contribution in [3.63, 3.8) is 0 Å². The van der Waals surface area contributed by atoms with Crippen molar-refractivity contribution >= 4 is 5.91 Å². The van der Waals surface area contributed by atoms with Gasteiger partial charge in [-0.15, -0.1) is 0 Å². The van der Waals surface area contributed by atoms with Crippen molar-refractivity contribution in [3.8, 4) is 0 Å². The molecule has 0 spiro atoms. The second kappa shape index (κ2) is 7.82. The lowest BCUT2D eigenvalue weighted by atomic mass is 9.97. The summed E-state index contributed by atoms with van der Waals surface area (Å²) in [4.78, 5) is 16.4. The molecule has 0 atom stereocenters. The third-order valence-corrected chi connectivity index (χ3v) is 4.27. The lowest BCUT2D eigenvalue weighted by Crippen LogP contribution is -2.41. The van der Waals surface area contributed by atoms with Gasteiger partial charge < -0.3 is 20.3 Å². The minimum absolute atomic E-state index is 0.292. The minimum atomic E-state index is 0.292. The third-order valence-electron chi connectivity index (χ3n) is 4.27. The highest BCUT2D eigenvalue weighted by Gasteiger charge is 2.19. The number of morpholine rings is 1. The van der Waals surface area contributed by atoms with Gasteiger partial charge in [0.15, 0.2) is 0 Å². The van der Waals surface area contributed by atoms with Crippen LogP contribution in [0.15, 0.2) is 0 Å². The fourth-order valence-electron chi connectivity index (χ4n) is 2.87. The molecule has 110 valence electrons. The van der Waals surface area contributed by atoms with Crippen LogP contribution in [0.4, 0.5) is 0 Å². The van der Waals surface area contributed by atoms with E-state index < -0.39 is 0 Å². The van der Waals surface area contributed by atoms with Gasteiger partial charge in [0.25, 0.3) is 0 Å². The van der Waals surface area contributed by atoms with E-state index in [0.29, 0.717) is 31.5 Å². The molecule has 2 fully saturated rings. The quantitative estimate of drug-likeness (QED) is 0.780. The van der Waals surface area contributed by atoms with Crippen molar-refractivity contribution in [1.29, 1.82) is 0 Å². The summed E-state index contributed by atoms with van der Waals surface area (Å²) in [5, 5.41) is 0. The Morgan fingerprint density at radius 3 is 2.47 bits per heavy atom. The molecule has 0 aromatic heterocycles. The Morgan fingerprint density at radius 1 is 1.16 bits per heavy atom. The number of piperidine rings is 1. The second-order valence-corrected chi connectivity index (χ2v) is 5.62. The van der Waals surface area contributed by atoms with Gasteiger partial charge in [0, 0.05) is 19.5 Å². The molecule has 5 nitrogen and oxygen atoms in total. The molecule has 2 saturated heterocycles. The van der Waals surface area contributed by atoms with Crippen LogP contribution in [0.1, 0.15) is 25.7 Å². The molecule has 2 heterocycles. The van der Waals surface area contributed by atoms with Crippen LogP contribution in [0.2, 0.25) is 0 Å². The largest absolute Gasteiger partial charge is 0.378 e. The molecule has 0 radical (unpaired) electrons. The summed E-state index contributed by atoms with van der Waals surface area (Å²) in [6, 6.07) is 0. The fourth-order valence-corrected chi connectivity index (χ4v) is 2.87. The van der Waals surface area contributed by atoms with Crippen molar-refractivity contribution in [2.24, 2.45) is 11.7 Å². The fraction of sp³-hybridized carbons (Fsp3) is 0.929. The van der Waals surface area contributed by atoms with E-state index in [1.165, 1.54) is 12.8 Å². The lowest BCUT2D eigenvalue weighted by Gasteiger charge is -2.31. The maximum atomic E-state index is 12.0. The van der Waals surface area contributed by atoms with Gasteiger partial charge in [0.1, 0.15) is 0 Å². The van der Waals surface area contributed by atoms with Crippen molar-refractivity contribution in [2.75, 3.05) is 52.5 Å². The SMILES string of the molecule is NCC1CCN(CCCC(=O)N2CCOCC2)CC1. The average Bonchev–Trinajstić information content (AvgIpc) is 2.49. The summed E-state index contributed by atoms with van der Waals surface area (Å²) in [5.41, 5.74) is 5.69. The summed E-state index contributed by atoms with van der Waals surface area (Å²) in [5.74, 6) is 1.01. The molecule has 2 rings (SSSR count). The summed E-state index contributed by atoms with van der Waals surface area (Å²) < 4.78 is 5.26. The molecule has 2 N–H and O–H groups in total. The van der Waals surface area contributed by atoms with Crippen LogP contribution in [-0.2, 0) is 9.53 Å². The van der Waals surface area contributed by atoms with E-state index in [0.717, 1.165) is 45.7 Å². The first-order chi connectivity index (χ1) is 9.29. The van der Waals surface area contributed by atoms with Crippen LogP contribution in [0, 0.1) is 5.92 Å². The van der Waals surface area contributed by atoms with Crippen LogP contribution < -0.4 is 5.73 Å². The number of nitrogens with zero attached hydrogens (tertiary/aromatic N) is 2. The lowest BCUT2D eigenvalue weighted by molar-refractivity contribution is -0.135. The topological polar surface area (TPSA) is 58.8 Å². The molecule has 5 heteroatoms. The van der Waals surface area contributed by atoms with Gasteiger partial charge in [-0.3, -0.25) is 4.79 Å². The van der Waals surface area contributed by atoms with Crippen molar-refractivity contribution < 1.29 is 9.53 Å². The van der Waals surface area contributed by atoms with Gasteiger partial charge >= 0.3 is 0 Å². The highest BCUT2D eigenvalue weighted by molar-refractivity contribution is 5.76. The molecule has 2 aliphatic heterocycles. The number of rotatable bonds is 5. The number of nitrogens with two attached hydrogens (primary N) is 1. The molecule has 2 aliphatic rings. The first-order valence-electron chi connectivity index (χ1n) is 7.57. The average molecular weight is 269 g/mol. The van der Waals surface area contributed by atoms with Crippen LogP contribution in [-0.4, -0.2) is 68.2 Å². The molecule has 0 aliphatic carbocycles. The van der Waals surface area contributed by atoms with Gasteiger partial charge in [0.2, 0.25) is 5.91 Å². The smallest absolute Gasteiger partial charge is 0.222 e. The first kappa shape index (κ1) is 14.8. The highest BCUT2D eigenvalue weighted by Crippen LogP contribution is 2.16. The number of hydrogen-bond donors (Lipinski definition) is 1. The molecule has 0 saturated carbocycles. The number of ether oxygens (including phenoxy) is 1. The van der Waals surface area contributed by atoms with Gasteiger partial charge in [-0.2, -0.15) is 0 Å². The predicted octanol–water partition coefficient (Wildman–Crippen LogP) is 0.296. The van der Waals surface area contributed by atoms with E-state index in [9.17, 15) is 4.79 Å². The van der Waals surface area contributed by atoms with Gasteiger partial charge in [-0.05, 0) is 51.4 Å². The Kier molecular flexibility index (Phi) is 6.07. The van der Waals surface area contributed by atoms with Crippen LogP contribution in [0.3, 0.4) is 0 Å². The zero-order valence-electron chi connectivity index (χ0n) is 11.9. The van der Waals surface area contributed by atoms with Gasteiger partial charge in [-0.25, -0.2) is 0 Å². The Hall–Kier alpha value is -0.650. The monoisotopic (exact) mass is 269 g/mol. The molecular weight excluding hydrogens is 242 g/mol. The number of likely N-dealkylation sites (tertiary alicyclic amines) is 1. The Labute approximate surface area is 116 Å². The van der Waals surface area contributed by atoms with E-state index in [2.05, 4.69) is 4.90 Å². The zero-order valence-corrected chi connectivity index (χ0v) is 11.9. The standard InChI is InChI=1S/C14H27N3O2/c15-12-13-3-6-16(7-4-13)5-1-2-14(18)17-8-10-19-11-9-17/h13H,1-12,15H2. The van der Waals surface area contributed by atoms with Crippen LogP contribution in [0.25, 0.3) is 0 Å². The number of carbonyl (C=O) groups excluding carboxylic acids is 1. The number of carbonyl (C=O) groups is 1.